The van der Waals surface area contributed by atoms with Crippen LogP contribution < -0.4 is 11.1 Å². The van der Waals surface area contributed by atoms with E-state index < -0.39 is 0 Å². The number of nitrogen functional groups attached to an aromatic ring is 1. The molecule has 1 amide bonds. The summed E-state index contributed by atoms with van der Waals surface area (Å²) in [5, 5.41) is 13.7. The fourth-order valence-corrected chi connectivity index (χ4v) is 3.12. The molecule has 0 bridgehead atoms. The maximum Gasteiger partial charge on any atom is 0.233 e. The van der Waals surface area contributed by atoms with E-state index in [0.29, 0.717) is 11.7 Å². The lowest BCUT2D eigenvalue weighted by molar-refractivity contribution is -0.120. The molecule has 3 N–H and O–H groups in total. The van der Waals surface area contributed by atoms with Crippen LogP contribution in [0.25, 0.3) is 0 Å². The Hall–Kier alpha value is -2.11. The highest BCUT2D eigenvalue weighted by molar-refractivity contribution is 8.00. The van der Waals surface area contributed by atoms with Crippen LogP contribution in [0.15, 0.2) is 28.9 Å². The normalized spacial score (nSPS) is 11.6. The largest absolute Gasteiger partial charge is 0.382 e. The third-order valence-corrected chi connectivity index (χ3v) is 4.73. The van der Waals surface area contributed by atoms with Gasteiger partial charge in [-0.05, 0) is 24.8 Å². The number of thiophene rings is 1. The Bertz CT molecular complexity index is 681. The first-order valence-corrected chi connectivity index (χ1v) is 8.35. The molecule has 22 heavy (non-hydrogen) atoms. The standard InChI is InChI=1S/C14H15N5OS2/c1-9(13(20)17-5-4-11-3-2-6-21-11)22-14-18-8-10(7-15)12(16)19-14/h2-3,6,8-9H,4-5H2,1H3,(H,17,20)(H2,16,18,19)/t9-/m1/s1. The summed E-state index contributed by atoms with van der Waals surface area (Å²) in [5.74, 6) is 0.0541. The molecule has 2 aromatic heterocycles. The molecule has 8 heteroatoms. The van der Waals surface area contributed by atoms with Gasteiger partial charge < -0.3 is 11.1 Å². The molecular formula is C14H15N5OS2. The van der Waals surface area contributed by atoms with Crippen molar-refractivity contribution >= 4 is 34.8 Å². The Morgan fingerprint density at radius 3 is 3.09 bits per heavy atom. The molecule has 0 spiro atoms. The van der Waals surface area contributed by atoms with Crippen LogP contribution in [0, 0.1) is 11.3 Å². The molecule has 0 unspecified atom stereocenters. The van der Waals surface area contributed by atoms with Gasteiger partial charge in [0.15, 0.2) is 5.16 Å². The molecule has 2 rings (SSSR count). The number of aromatic nitrogens is 2. The summed E-state index contributed by atoms with van der Waals surface area (Å²) >= 11 is 2.89. The molecule has 1 atom stereocenters. The van der Waals surface area contributed by atoms with Crippen LogP contribution >= 0.6 is 23.1 Å². The molecular weight excluding hydrogens is 318 g/mol. The molecule has 0 aliphatic heterocycles. The van der Waals surface area contributed by atoms with Gasteiger partial charge in [0.25, 0.3) is 0 Å². The number of nitrogens with one attached hydrogen (secondary N) is 1. The molecule has 0 fully saturated rings. The quantitative estimate of drug-likeness (QED) is 0.617. The summed E-state index contributed by atoms with van der Waals surface area (Å²) in [6, 6.07) is 5.94. The van der Waals surface area contributed by atoms with E-state index in [1.165, 1.54) is 22.8 Å². The van der Waals surface area contributed by atoms with Crippen LogP contribution in [0.3, 0.4) is 0 Å². The Balaban J connectivity index is 1.83. The molecule has 6 nitrogen and oxygen atoms in total. The van der Waals surface area contributed by atoms with Gasteiger partial charge in [-0.1, -0.05) is 17.8 Å². The van der Waals surface area contributed by atoms with Crippen LogP contribution in [0.5, 0.6) is 0 Å². The number of carbonyl (C=O) groups excluding carboxylic acids is 1. The number of amides is 1. The molecule has 0 radical (unpaired) electrons. The molecule has 0 saturated carbocycles. The summed E-state index contributed by atoms with van der Waals surface area (Å²) in [5.41, 5.74) is 5.87. The predicted molar refractivity (Wildman–Crippen MR) is 87.5 cm³/mol. The summed E-state index contributed by atoms with van der Waals surface area (Å²) in [6.45, 7) is 2.38. The monoisotopic (exact) mass is 333 g/mol. The second-order valence-corrected chi connectivity index (χ2v) is 6.78. The average molecular weight is 333 g/mol. The lowest BCUT2D eigenvalue weighted by Crippen LogP contribution is -2.32. The zero-order valence-electron chi connectivity index (χ0n) is 11.9. The van der Waals surface area contributed by atoms with Crippen molar-refractivity contribution in [3.63, 3.8) is 0 Å². The number of nitriles is 1. The van der Waals surface area contributed by atoms with E-state index in [2.05, 4.69) is 15.3 Å². The maximum atomic E-state index is 12.0. The number of thioether (sulfide) groups is 1. The summed E-state index contributed by atoms with van der Waals surface area (Å²) in [6.07, 6.45) is 2.19. The maximum absolute atomic E-state index is 12.0. The number of nitrogens with two attached hydrogens (primary N) is 1. The highest BCUT2D eigenvalue weighted by atomic mass is 32.2. The van der Waals surface area contributed by atoms with Gasteiger partial charge in [0.2, 0.25) is 5.91 Å². The second kappa shape index (κ2) is 7.77. The lowest BCUT2D eigenvalue weighted by atomic mass is 10.3. The van der Waals surface area contributed by atoms with Crippen LogP contribution in [0.2, 0.25) is 0 Å². The van der Waals surface area contributed by atoms with Gasteiger partial charge in [-0.15, -0.1) is 11.3 Å². The van der Waals surface area contributed by atoms with Crippen LogP contribution in [-0.4, -0.2) is 27.7 Å². The Labute approximate surface area is 136 Å². The van der Waals surface area contributed by atoms with E-state index in [0.717, 1.165) is 6.42 Å². The van der Waals surface area contributed by atoms with E-state index in [1.807, 2.05) is 23.6 Å². The minimum Gasteiger partial charge on any atom is -0.382 e. The van der Waals surface area contributed by atoms with Gasteiger partial charge >= 0.3 is 0 Å². The van der Waals surface area contributed by atoms with Gasteiger partial charge in [-0.3, -0.25) is 4.79 Å². The minimum atomic E-state index is -0.337. The number of hydrogen-bond donors (Lipinski definition) is 2. The Morgan fingerprint density at radius 2 is 2.45 bits per heavy atom. The SMILES string of the molecule is C[C@@H](Sc1ncc(C#N)c(N)n1)C(=O)NCCc1cccs1. The summed E-state index contributed by atoms with van der Waals surface area (Å²) in [7, 11) is 0. The van der Waals surface area contributed by atoms with E-state index >= 15 is 0 Å². The van der Waals surface area contributed by atoms with E-state index in [4.69, 9.17) is 11.0 Å². The molecule has 0 aliphatic rings. The molecule has 2 aromatic rings. The van der Waals surface area contributed by atoms with Gasteiger partial charge in [-0.25, -0.2) is 9.97 Å². The van der Waals surface area contributed by atoms with Crippen LogP contribution in [0.4, 0.5) is 5.82 Å². The molecule has 0 saturated heterocycles. The highest BCUT2D eigenvalue weighted by Crippen LogP contribution is 2.21. The summed E-state index contributed by atoms with van der Waals surface area (Å²) in [4.78, 5) is 21.3. The number of carbonyl (C=O) groups is 1. The van der Waals surface area contributed by atoms with Crippen molar-refractivity contribution in [2.75, 3.05) is 12.3 Å². The van der Waals surface area contributed by atoms with E-state index in [-0.39, 0.29) is 22.5 Å². The first-order valence-electron chi connectivity index (χ1n) is 6.59. The van der Waals surface area contributed by atoms with Gasteiger partial charge in [0, 0.05) is 11.4 Å². The number of rotatable bonds is 6. The van der Waals surface area contributed by atoms with Crippen molar-refractivity contribution in [3.8, 4) is 6.07 Å². The van der Waals surface area contributed by atoms with Gasteiger partial charge in [0.05, 0.1) is 11.4 Å². The van der Waals surface area contributed by atoms with E-state index in [1.54, 1.807) is 18.3 Å². The molecule has 0 aliphatic carbocycles. The van der Waals surface area contributed by atoms with Crippen molar-refractivity contribution < 1.29 is 4.79 Å². The fourth-order valence-electron chi connectivity index (χ4n) is 1.64. The zero-order valence-corrected chi connectivity index (χ0v) is 13.6. The summed E-state index contributed by atoms with van der Waals surface area (Å²) < 4.78 is 0. The van der Waals surface area contributed by atoms with E-state index in [9.17, 15) is 4.79 Å². The van der Waals surface area contributed by atoms with Crippen LogP contribution in [-0.2, 0) is 11.2 Å². The predicted octanol–water partition coefficient (Wildman–Crippen LogP) is 1.83. The highest BCUT2D eigenvalue weighted by Gasteiger charge is 2.16. The number of hydrogen-bond acceptors (Lipinski definition) is 7. The molecule has 2 heterocycles. The minimum absolute atomic E-state index is 0.0758. The first kappa shape index (κ1) is 16.3. The van der Waals surface area contributed by atoms with Crippen molar-refractivity contribution in [1.82, 2.24) is 15.3 Å². The average Bonchev–Trinajstić information content (AvgIpc) is 3.00. The Kier molecular flexibility index (Phi) is 5.75. The third-order valence-electron chi connectivity index (χ3n) is 2.82. The first-order chi connectivity index (χ1) is 10.6. The van der Waals surface area contributed by atoms with Crippen molar-refractivity contribution in [3.05, 3.63) is 34.2 Å². The van der Waals surface area contributed by atoms with Crippen molar-refractivity contribution in [1.29, 1.82) is 5.26 Å². The van der Waals surface area contributed by atoms with Crippen molar-refractivity contribution in [2.24, 2.45) is 0 Å². The fraction of sp³-hybridized carbons (Fsp3) is 0.286. The third kappa shape index (κ3) is 4.44. The topological polar surface area (TPSA) is 105 Å². The number of anilines is 1. The van der Waals surface area contributed by atoms with Gasteiger partial charge in [-0.2, -0.15) is 5.26 Å². The molecule has 0 aromatic carbocycles. The van der Waals surface area contributed by atoms with Gasteiger partial charge in [0.1, 0.15) is 17.5 Å². The van der Waals surface area contributed by atoms with Crippen molar-refractivity contribution in [2.45, 2.75) is 23.8 Å². The van der Waals surface area contributed by atoms with Crippen LogP contribution in [0.1, 0.15) is 17.4 Å². The Morgan fingerprint density at radius 1 is 1.64 bits per heavy atom. The smallest absolute Gasteiger partial charge is 0.233 e. The zero-order chi connectivity index (χ0) is 15.9. The molecule has 114 valence electrons. The second-order valence-electron chi connectivity index (χ2n) is 4.44. The lowest BCUT2D eigenvalue weighted by Gasteiger charge is -2.11. The number of nitrogens with zero attached hydrogens (tertiary/aromatic N) is 3.